The number of halogens is 4. The highest BCUT2D eigenvalue weighted by molar-refractivity contribution is 6.32. The summed E-state index contributed by atoms with van der Waals surface area (Å²) in [4.78, 5) is 45.7. The highest BCUT2D eigenvalue weighted by Crippen LogP contribution is 2.42. The van der Waals surface area contributed by atoms with Crippen molar-refractivity contribution in [2.24, 2.45) is 0 Å². The van der Waals surface area contributed by atoms with Crippen molar-refractivity contribution in [3.63, 3.8) is 0 Å². The van der Waals surface area contributed by atoms with Gasteiger partial charge in [0.2, 0.25) is 0 Å². The molecule has 2 N–H and O–H groups in total. The summed E-state index contributed by atoms with van der Waals surface area (Å²) in [5.41, 5.74) is 8.17. The zero-order valence-corrected chi connectivity index (χ0v) is 49.2. The predicted molar refractivity (Wildman–Crippen MR) is 329 cm³/mol. The molecule has 2 aliphatic rings. The Bertz CT molecular complexity index is 3520. The highest BCUT2D eigenvalue weighted by Gasteiger charge is 2.37. The largest absolute Gasteiger partial charge is 0.494 e. The molecule has 2 aliphatic heterocycles. The lowest BCUT2D eigenvalue weighted by Crippen LogP contribution is -2.42. The van der Waals surface area contributed by atoms with Crippen LogP contribution >= 0.6 is 46.4 Å². The van der Waals surface area contributed by atoms with E-state index in [9.17, 15) is 9.59 Å². The van der Waals surface area contributed by atoms with Crippen LogP contribution in [0.1, 0.15) is 97.1 Å². The summed E-state index contributed by atoms with van der Waals surface area (Å²) in [6.07, 6.45) is 18.2. The highest BCUT2D eigenvalue weighted by atomic mass is 35.5. The van der Waals surface area contributed by atoms with Gasteiger partial charge in [-0.15, -0.1) is 0 Å². The third-order valence-electron chi connectivity index (χ3n) is 15.2. The summed E-state index contributed by atoms with van der Waals surface area (Å²) >= 11 is 24.7. The molecule has 6 aromatic carbocycles. The topological polar surface area (TPSA) is 158 Å². The number of carbonyl (C=O) groups excluding carboxylic acids is 2. The number of H-pyrrole nitrogens is 2. The van der Waals surface area contributed by atoms with Crippen molar-refractivity contribution in [3.05, 3.63) is 219 Å². The number of aryl methyl sites for hydroxylation is 2. The van der Waals surface area contributed by atoms with E-state index in [1.54, 1.807) is 71.0 Å². The van der Waals surface area contributed by atoms with Gasteiger partial charge in [-0.05, 0) is 176 Å². The van der Waals surface area contributed by atoms with Crippen molar-refractivity contribution in [2.75, 3.05) is 26.3 Å². The molecule has 2 atom stereocenters. The van der Waals surface area contributed by atoms with Crippen LogP contribution in [0.2, 0.25) is 20.1 Å². The molecule has 4 aromatic heterocycles. The van der Waals surface area contributed by atoms with Gasteiger partial charge in [0.05, 0.1) is 19.5 Å². The minimum Gasteiger partial charge on any atom is -0.494 e. The van der Waals surface area contributed by atoms with Crippen LogP contribution in [0.3, 0.4) is 0 Å². The summed E-state index contributed by atoms with van der Waals surface area (Å²) in [6.45, 7) is 4.21. The lowest BCUT2D eigenvalue weighted by atomic mass is 9.92. The quantitative estimate of drug-likeness (QED) is 0.0709. The molecule has 0 saturated heterocycles. The molecular formula is C65H63Cl4N9O6. The Morgan fingerprint density at radius 2 is 0.952 bits per heavy atom. The van der Waals surface area contributed by atoms with Crippen LogP contribution in [0.15, 0.2) is 165 Å². The number of unbranched alkanes of at least 4 members (excludes halogenated alkanes) is 6. The van der Waals surface area contributed by atoms with E-state index in [0.717, 1.165) is 126 Å². The molecule has 2 amide bonds. The second-order valence-corrected chi connectivity index (χ2v) is 22.6. The molecule has 12 rings (SSSR count). The van der Waals surface area contributed by atoms with Crippen molar-refractivity contribution in [1.82, 2.24) is 44.1 Å². The maximum absolute atomic E-state index is 13.5. The Morgan fingerprint density at radius 1 is 0.500 bits per heavy atom. The number of fused-ring (bicyclic) bond motifs is 6. The summed E-state index contributed by atoms with van der Waals surface area (Å²) in [7, 11) is 0. The molecule has 2 unspecified atom stereocenters. The number of nitrogens with zero attached hydrogens (tertiary/aromatic N) is 7. The van der Waals surface area contributed by atoms with Crippen LogP contribution in [-0.4, -0.2) is 82.6 Å². The maximum atomic E-state index is 13.5. The summed E-state index contributed by atoms with van der Waals surface area (Å²) in [5.74, 6) is 2.51. The molecule has 0 bridgehead atoms. The molecule has 432 valence electrons. The number of aromatic nitrogens is 7. The molecule has 6 heterocycles. The van der Waals surface area contributed by atoms with Crippen LogP contribution in [0.5, 0.6) is 23.0 Å². The third kappa shape index (κ3) is 14.3. The molecule has 0 radical (unpaired) electrons. The van der Waals surface area contributed by atoms with Gasteiger partial charge in [0.1, 0.15) is 47.7 Å². The Labute approximate surface area is 507 Å². The van der Waals surface area contributed by atoms with Gasteiger partial charge >= 0.3 is 12.2 Å². The first-order valence-electron chi connectivity index (χ1n) is 28.4. The summed E-state index contributed by atoms with van der Waals surface area (Å²) in [5, 5.41) is 8.83. The van der Waals surface area contributed by atoms with Crippen LogP contribution in [-0.2, 0) is 25.9 Å². The van der Waals surface area contributed by atoms with Gasteiger partial charge in [0.15, 0.2) is 0 Å². The first kappa shape index (κ1) is 57.8. The number of carbonyl (C=O) groups is 2. The minimum atomic E-state index is -0.422. The number of aromatic amines is 2. The number of nitrogens with one attached hydrogen (secondary N) is 2. The first-order valence-corrected chi connectivity index (χ1v) is 29.9. The Balaban J connectivity index is 0.000000175. The molecule has 0 spiro atoms. The lowest BCUT2D eigenvalue weighted by molar-refractivity contribution is 0.134. The van der Waals surface area contributed by atoms with Crippen molar-refractivity contribution >= 4 is 80.4 Å². The average molecular weight is 1210 g/mol. The van der Waals surface area contributed by atoms with E-state index < -0.39 is 12.2 Å². The van der Waals surface area contributed by atoms with E-state index in [1.807, 2.05) is 108 Å². The van der Waals surface area contributed by atoms with E-state index in [4.69, 9.17) is 65.4 Å². The molecule has 15 nitrogen and oxygen atoms in total. The maximum Gasteiger partial charge on any atom is 0.416 e. The van der Waals surface area contributed by atoms with Crippen LogP contribution < -0.4 is 18.9 Å². The van der Waals surface area contributed by atoms with Gasteiger partial charge < -0.3 is 33.5 Å². The standard InChI is InChI=1S/C33H32Cl2N4O3.C32H31Cl2N5O3/c34-24-7-12-27(13-8-24)42-33(40)39-18-15-28-29-21-25(35)9-14-30(29)37-31(28)32(39)23-5-10-26(11-6-23)41-20-4-2-1-3-17-38-19-16-36-22-38;33-23-7-12-26(13-8-23)42-32(40)39-17-15-27-28-19-24(34)9-14-29(28)37-30(27)31(39)22-5-10-25(11-6-22)41-18-4-2-1-3-16-38-21-35-20-36-38/h5-14,16,19,21-22,32,37H,1-4,15,17-18,20H2;5-14,19-21,31,37H,1-4,15-18H2. The number of hydrogen-bond acceptors (Lipinski definition) is 9. The van der Waals surface area contributed by atoms with Crippen molar-refractivity contribution < 1.29 is 28.5 Å². The smallest absolute Gasteiger partial charge is 0.416 e. The van der Waals surface area contributed by atoms with Gasteiger partial charge in [-0.1, -0.05) is 89.9 Å². The summed E-state index contributed by atoms with van der Waals surface area (Å²) in [6, 6.07) is 40.6. The molecule has 84 heavy (non-hydrogen) atoms. The van der Waals surface area contributed by atoms with E-state index in [1.165, 1.54) is 5.56 Å². The second-order valence-electron chi connectivity index (χ2n) is 20.9. The zero-order valence-electron chi connectivity index (χ0n) is 46.1. The molecule has 0 fully saturated rings. The van der Waals surface area contributed by atoms with E-state index >= 15 is 0 Å². The predicted octanol–water partition coefficient (Wildman–Crippen LogP) is 16.3. The van der Waals surface area contributed by atoms with Crippen molar-refractivity contribution in [2.45, 2.75) is 89.4 Å². The fourth-order valence-electron chi connectivity index (χ4n) is 11.1. The van der Waals surface area contributed by atoms with Gasteiger partial charge in [0.25, 0.3) is 0 Å². The number of ether oxygens (including phenoxy) is 4. The SMILES string of the molecule is O=C(Oc1ccc(Cl)cc1)N1CCc2c([nH]c3ccc(Cl)cc23)C1c1ccc(OCCCCCCn2ccnc2)cc1.O=C(Oc1ccc(Cl)cc1)N1CCc2c([nH]c3ccc(Cl)cc23)C1c1ccc(OCCCCCCn2cncn2)cc1. The number of rotatable bonds is 20. The van der Waals surface area contributed by atoms with Gasteiger partial charge in [0, 0.05) is 91.9 Å². The number of imidazole rings is 1. The third-order valence-corrected chi connectivity index (χ3v) is 16.2. The van der Waals surface area contributed by atoms with Crippen LogP contribution in [0.25, 0.3) is 21.8 Å². The van der Waals surface area contributed by atoms with Gasteiger partial charge in [-0.25, -0.2) is 19.6 Å². The Morgan fingerprint density at radius 3 is 1.40 bits per heavy atom. The minimum absolute atomic E-state index is 0.357. The van der Waals surface area contributed by atoms with E-state index in [-0.39, 0.29) is 12.1 Å². The van der Waals surface area contributed by atoms with Gasteiger partial charge in [-0.2, -0.15) is 5.10 Å². The van der Waals surface area contributed by atoms with Crippen molar-refractivity contribution in [3.8, 4) is 23.0 Å². The Kier molecular flexibility index (Phi) is 19.0. The molecule has 0 saturated carbocycles. The normalized spacial score (nSPS) is 14.6. The van der Waals surface area contributed by atoms with Crippen molar-refractivity contribution in [1.29, 1.82) is 0 Å². The monoisotopic (exact) mass is 1210 g/mol. The number of benzene rings is 6. The Hall–Kier alpha value is -7.95. The first-order chi connectivity index (χ1) is 41.1. The lowest BCUT2D eigenvalue weighted by Gasteiger charge is -2.35. The molecule has 0 aliphatic carbocycles. The molecule has 10 aromatic rings. The number of amides is 2. The average Bonchev–Trinajstić information content (AvgIpc) is 4.33. The van der Waals surface area contributed by atoms with Crippen LogP contribution in [0, 0.1) is 0 Å². The fraction of sp³-hybridized carbons (Fsp3) is 0.277. The van der Waals surface area contributed by atoms with Crippen LogP contribution in [0.4, 0.5) is 9.59 Å². The van der Waals surface area contributed by atoms with E-state index in [2.05, 4.69) is 29.6 Å². The van der Waals surface area contributed by atoms with Gasteiger partial charge in [-0.3, -0.25) is 14.5 Å². The fourth-order valence-corrected chi connectivity index (χ4v) is 11.6. The number of hydrogen-bond donors (Lipinski definition) is 2. The summed E-state index contributed by atoms with van der Waals surface area (Å²) < 4.78 is 27.6. The van der Waals surface area contributed by atoms with E-state index in [0.29, 0.717) is 70.7 Å². The molecular weight excluding hydrogens is 1140 g/mol. The zero-order chi connectivity index (χ0) is 57.8. The second kappa shape index (κ2) is 27.6. The molecule has 19 heteroatoms.